The quantitative estimate of drug-likeness (QED) is 0.180. The van der Waals surface area contributed by atoms with Crippen molar-refractivity contribution in [2.75, 3.05) is 0 Å². The zero-order valence-corrected chi connectivity index (χ0v) is 22.1. The average molecular weight is 574 g/mol. The molecule has 0 spiro atoms. The van der Waals surface area contributed by atoms with Gasteiger partial charge in [-0.2, -0.15) is 18.3 Å². The molecule has 2 N–H and O–H groups in total. The van der Waals surface area contributed by atoms with Gasteiger partial charge in [0.25, 0.3) is 5.56 Å². The van der Waals surface area contributed by atoms with Crippen molar-refractivity contribution in [2.45, 2.75) is 32.1 Å². The van der Waals surface area contributed by atoms with Gasteiger partial charge in [-0.15, -0.1) is 0 Å². The number of aromatic amines is 1. The summed E-state index contributed by atoms with van der Waals surface area (Å²) in [5.41, 5.74) is -0.827. The van der Waals surface area contributed by atoms with E-state index >= 15 is 0 Å². The standard InChI is InChI=1S/C26H23ClF3N7O3/c1-34-11-14(22(33-40)26(28,29)30)7-19(34)21-20-23(36(10-13-3-4-13)25(39)35(2)24(20)38)32-37(21)12-15-9-31-18-6-5-16(27)8-17(15)18/h5-9,11,13,31,40H,3-4,10,12H2,1-2H3/b33-22+. The van der Waals surface area contributed by atoms with Crippen molar-refractivity contribution in [1.29, 1.82) is 0 Å². The first-order chi connectivity index (χ1) is 19.0. The molecule has 0 amide bonds. The van der Waals surface area contributed by atoms with Crippen LogP contribution < -0.4 is 11.2 Å². The molecular formula is C26H23ClF3N7O3. The smallest absolute Gasteiger partial charge is 0.410 e. The summed E-state index contributed by atoms with van der Waals surface area (Å²) in [6.07, 6.45) is -0.0924. The molecule has 14 heteroatoms. The van der Waals surface area contributed by atoms with Crippen LogP contribution in [0.1, 0.15) is 24.0 Å². The maximum atomic E-state index is 13.6. The number of aryl methyl sites for hydroxylation is 1. The minimum absolute atomic E-state index is 0.0999. The fourth-order valence-corrected chi connectivity index (χ4v) is 5.28. The maximum absolute atomic E-state index is 13.6. The van der Waals surface area contributed by atoms with Gasteiger partial charge in [0.05, 0.1) is 12.2 Å². The first-order valence-corrected chi connectivity index (χ1v) is 12.8. The van der Waals surface area contributed by atoms with Crippen LogP contribution in [0.5, 0.6) is 0 Å². The number of fused-ring (bicyclic) bond motifs is 2. The zero-order valence-electron chi connectivity index (χ0n) is 21.3. The number of nitrogens with one attached hydrogen (secondary N) is 1. The number of benzene rings is 1. The molecular weight excluding hydrogens is 551 g/mol. The Balaban J connectivity index is 1.64. The van der Waals surface area contributed by atoms with Crippen molar-refractivity contribution in [3.63, 3.8) is 0 Å². The molecule has 1 saturated carbocycles. The van der Waals surface area contributed by atoms with Gasteiger partial charge in [-0.25, -0.2) is 4.79 Å². The van der Waals surface area contributed by atoms with E-state index in [-0.39, 0.29) is 34.9 Å². The summed E-state index contributed by atoms with van der Waals surface area (Å²) in [5.74, 6) is 0.277. The van der Waals surface area contributed by atoms with Gasteiger partial charge < -0.3 is 14.8 Å². The van der Waals surface area contributed by atoms with Gasteiger partial charge in [0.15, 0.2) is 11.4 Å². The van der Waals surface area contributed by atoms with Gasteiger partial charge >= 0.3 is 11.9 Å². The van der Waals surface area contributed by atoms with E-state index in [1.165, 1.54) is 34.0 Å². The molecule has 4 aromatic heterocycles. The molecule has 0 radical (unpaired) electrons. The number of rotatable bonds is 6. The summed E-state index contributed by atoms with van der Waals surface area (Å²) in [7, 11) is 2.89. The third-order valence-corrected chi connectivity index (χ3v) is 7.54. The number of H-pyrrole nitrogens is 1. The van der Waals surface area contributed by atoms with Crippen LogP contribution in [-0.2, 0) is 27.2 Å². The largest absolute Gasteiger partial charge is 0.437 e. The van der Waals surface area contributed by atoms with E-state index in [9.17, 15) is 22.8 Å². The molecule has 1 aliphatic rings. The first-order valence-electron chi connectivity index (χ1n) is 12.4. The molecule has 40 heavy (non-hydrogen) atoms. The monoisotopic (exact) mass is 573 g/mol. The van der Waals surface area contributed by atoms with E-state index in [4.69, 9.17) is 21.9 Å². The van der Waals surface area contributed by atoms with E-state index in [1.807, 2.05) is 6.07 Å². The highest BCUT2D eigenvalue weighted by Crippen LogP contribution is 2.34. The lowest BCUT2D eigenvalue weighted by molar-refractivity contribution is -0.0601. The molecule has 5 aromatic rings. The van der Waals surface area contributed by atoms with Gasteiger partial charge in [-0.3, -0.25) is 18.6 Å². The van der Waals surface area contributed by atoms with Crippen molar-refractivity contribution in [2.24, 2.45) is 25.2 Å². The predicted molar refractivity (Wildman–Crippen MR) is 143 cm³/mol. The van der Waals surface area contributed by atoms with Crippen LogP contribution in [-0.4, -0.2) is 45.6 Å². The number of hydrogen-bond donors (Lipinski definition) is 2. The van der Waals surface area contributed by atoms with E-state index in [2.05, 4.69) is 10.1 Å². The first kappa shape index (κ1) is 26.0. The Kier molecular flexibility index (Phi) is 5.95. The third-order valence-electron chi connectivity index (χ3n) is 7.30. The third kappa shape index (κ3) is 4.21. The number of hydrogen-bond acceptors (Lipinski definition) is 5. The lowest BCUT2D eigenvalue weighted by Gasteiger charge is -2.09. The van der Waals surface area contributed by atoms with Crippen molar-refractivity contribution in [1.82, 2.24) is 28.5 Å². The van der Waals surface area contributed by atoms with Crippen LogP contribution in [0.4, 0.5) is 13.2 Å². The SMILES string of the molecule is Cn1cc(/C(=N\O)C(F)(F)F)cc1-c1c2c(=O)n(C)c(=O)n(CC3CC3)c2nn1Cc1c[nH]c2ccc(Cl)cc12. The van der Waals surface area contributed by atoms with Crippen LogP contribution in [0.25, 0.3) is 33.3 Å². The predicted octanol–water partition coefficient (Wildman–Crippen LogP) is 4.24. The Bertz CT molecular complexity index is 1950. The molecule has 0 bridgehead atoms. The van der Waals surface area contributed by atoms with E-state index in [0.29, 0.717) is 11.6 Å². The second-order valence-corrected chi connectivity index (χ2v) is 10.5. The minimum Gasteiger partial charge on any atom is -0.410 e. The molecule has 0 aliphatic heterocycles. The highest BCUT2D eigenvalue weighted by molar-refractivity contribution is 6.31. The van der Waals surface area contributed by atoms with Crippen molar-refractivity contribution >= 4 is 39.2 Å². The van der Waals surface area contributed by atoms with Crippen LogP contribution in [0.15, 0.2) is 51.4 Å². The molecule has 1 aliphatic carbocycles. The molecule has 0 atom stereocenters. The van der Waals surface area contributed by atoms with Crippen LogP contribution in [0.3, 0.4) is 0 Å². The normalized spacial score (nSPS) is 14.6. The van der Waals surface area contributed by atoms with Gasteiger partial charge in [0.1, 0.15) is 11.1 Å². The molecule has 0 saturated heterocycles. The molecule has 10 nitrogen and oxygen atoms in total. The summed E-state index contributed by atoms with van der Waals surface area (Å²) in [6, 6.07) is 6.53. The van der Waals surface area contributed by atoms with Crippen molar-refractivity contribution in [3.8, 4) is 11.4 Å². The van der Waals surface area contributed by atoms with Crippen LogP contribution >= 0.6 is 11.6 Å². The molecule has 0 unspecified atom stereocenters. The summed E-state index contributed by atoms with van der Waals surface area (Å²) in [6.45, 7) is 0.488. The summed E-state index contributed by atoms with van der Waals surface area (Å²) < 4.78 is 46.1. The fourth-order valence-electron chi connectivity index (χ4n) is 5.11. The molecule has 1 fully saturated rings. The number of halogens is 4. The zero-order chi connectivity index (χ0) is 28.5. The second kappa shape index (κ2) is 9.15. The topological polar surface area (TPSA) is 115 Å². The number of aromatic nitrogens is 6. The van der Waals surface area contributed by atoms with Gasteiger partial charge in [0.2, 0.25) is 0 Å². The Morgan fingerprint density at radius 3 is 2.65 bits per heavy atom. The van der Waals surface area contributed by atoms with E-state index in [1.54, 1.807) is 18.3 Å². The molecule has 4 heterocycles. The molecule has 208 valence electrons. The van der Waals surface area contributed by atoms with Crippen LogP contribution in [0.2, 0.25) is 5.02 Å². The number of nitrogens with zero attached hydrogens (tertiary/aromatic N) is 6. The Hall–Kier alpha value is -4.26. The number of oxime groups is 1. The minimum atomic E-state index is -4.92. The van der Waals surface area contributed by atoms with Gasteiger partial charge in [-0.05, 0) is 48.6 Å². The lowest BCUT2D eigenvalue weighted by atomic mass is 10.1. The summed E-state index contributed by atoms with van der Waals surface area (Å²) in [4.78, 5) is 29.9. The van der Waals surface area contributed by atoms with Gasteiger partial charge in [0, 0.05) is 54.5 Å². The fraction of sp³-hybridized carbons (Fsp3) is 0.308. The molecule has 1 aromatic carbocycles. The Labute approximate surface area is 228 Å². The van der Waals surface area contributed by atoms with Crippen molar-refractivity contribution < 1.29 is 18.4 Å². The molecule has 6 rings (SSSR count). The average Bonchev–Trinajstić information content (AvgIpc) is 3.36. The Morgan fingerprint density at radius 2 is 1.98 bits per heavy atom. The Morgan fingerprint density at radius 1 is 1.23 bits per heavy atom. The summed E-state index contributed by atoms with van der Waals surface area (Å²) >= 11 is 6.23. The van der Waals surface area contributed by atoms with Crippen molar-refractivity contribution in [3.05, 3.63) is 73.6 Å². The lowest BCUT2D eigenvalue weighted by Crippen LogP contribution is -2.38. The maximum Gasteiger partial charge on any atom is 0.437 e. The van der Waals surface area contributed by atoms with Gasteiger partial charge in [-0.1, -0.05) is 16.8 Å². The highest BCUT2D eigenvalue weighted by Gasteiger charge is 2.39. The second-order valence-electron chi connectivity index (χ2n) is 10.1. The van der Waals surface area contributed by atoms with E-state index < -0.39 is 28.7 Å². The highest BCUT2D eigenvalue weighted by atomic mass is 35.5. The summed E-state index contributed by atoms with van der Waals surface area (Å²) in [5, 5.41) is 17.7. The number of alkyl halides is 3. The van der Waals surface area contributed by atoms with Crippen LogP contribution in [0, 0.1) is 5.92 Å². The van der Waals surface area contributed by atoms with E-state index in [0.717, 1.165) is 40.1 Å².